The summed E-state index contributed by atoms with van der Waals surface area (Å²) in [6.07, 6.45) is 0.872. The molecule has 1 nitrogen and oxygen atoms in total. The Hall–Kier alpha value is -0.820. The number of hydrogen-bond donors (Lipinski definition) is 0. The molecule has 0 atom stereocenters. The summed E-state index contributed by atoms with van der Waals surface area (Å²) in [6.45, 7) is 4.00. The first-order valence-corrected chi connectivity index (χ1v) is 4.26. The lowest BCUT2D eigenvalue weighted by Crippen LogP contribution is -2.18. The lowest BCUT2D eigenvalue weighted by atomic mass is 9.87. The Morgan fingerprint density at radius 3 is 2.25 bits per heavy atom. The van der Waals surface area contributed by atoms with Gasteiger partial charge in [0.2, 0.25) is 0 Å². The van der Waals surface area contributed by atoms with E-state index in [2.05, 4.69) is 12.1 Å². The topological polar surface area (TPSA) is 19.9 Å². The number of benzene rings is 1. The van der Waals surface area contributed by atoms with Gasteiger partial charge >= 0.3 is 0 Å². The van der Waals surface area contributed by atoms with Crippen LogP contribution >= 0.6 is 0 Å². The molecule has 1 heteroatoms. The molecule has 0 saturated carbocycles. The van der Waals surface area contributed by atoms with Crippen LogP contribution in [0.3, 0.4) is 0 Å². The molecule has 0 amide bonds. The summed E-state index contributed by atoms with van der Waals surface area (Å²) in [5.41, 5.74) is 1.14. The standard InChI is InChI=1S/C11H15O/c1-11(2,9-12)8-10-6-4-3-5-7-10/h3-7H,8-9H2,1-2H3. The van der Waals surface area contributed by atoms with Crippen LogP contribution in [0.15, 0.2) is 30.3 Å². The van der Waals surface area contributed by atoms with E-state index in [4.69, 9.17) is 0 Å². The van der Waals surface area contributed by atoms with Gasteiger partial charge in [0, 0.05) is 0 Å². The van der Waals surface area contributed by atoms with E-state index in [1.165, 1.54) is 5.56 Å². The minimum atomic E-state index is -0.110. The van der Waals surface area contributed by atoms with Crippen molar-refractivity contribution in [1.82, 2.24) is 0 Å². The third kappa shape index (κ3) is 2.67. The van der Waals surface area contributed by atoms with Crippen LogP contribution in [0.2, 0.25) is 0 Å². The number of rotatable bonds is 3. The fourth-order valence-electron chi connectivity index (χ4n) is 1.20. The van der Waals surface area contributed by atoms with Gasteiger partial charge in [-0.1, -0.05) is 44.2 Å². The van der Waals surface area contributed by atoms with E-state index in [1.54, 1.807) is 0 Å². The first-order valence-electron chi connectivity index (χ1n) is 4.26. The van der Waals surface area contributed by atoms with E-state index in [1.807, 2.05) is 32.0 Å². The average Bonchev–Trinajstić information content (AvgIpc) is 2.06. The summed E-state index contributed by atoms with van der Waals surface area (Å²) in [5, 5.41) is 10.8. The van der Waals surface area contributed by atoms with Crippen LogP contribution < -0.4 is 0 Å². The van der Waals surface area contributed by atoms with Crippen LogP contribution in [-0.2, 0) is 11.5 Å². The van der Waals surface area contributed by atoms with E-state index in [9.17, 15) is 5.11 Å². The molecule has 0 saturated heterocycles. The maximum absolute atomic E-state index is 10.8. The minimum absolute atomic E-state index is 0.0120. The quantitative estimate of drug-likeness (QED) is 0.653. The second-order valence-corrected chi connectivity index (χ2v) is 3.97. The number of hydrogen-bond acceptors (Lipinski definition) is 0. The molecule has 0 aliphatic rings. The minimum Gasteiger partial charge on any atom is -0.236 e. The zero-order chi connectivity index (χ0) is 9.03. The Balaban J connectivity index is 2.64. The highest BCUT2D eigenvalue weighted by atomic mass is 16.3. The van der Waals surface area contributed by atoms with Crippen molar-refractivity contribution in [1.29, 1.82) is 0 Å². The van der Waals surface area contributed by atoms with Crippen molar-refractivity contribution in [3.8, 4) is 0 Å². The van der Waals surface area contributed by atoms with Gasteiger partial charge in [-0.25, -0.2) is 5.11 Å². The van der Waals surface area contributed by atoms with Crippen molar-refractivity contribution >= 4 is 0 Å². The lowest BCUT2D eigenvalue weighted by Gasteiger charge is -2.20. The van der Waals surface area contributed by atoms with Gasteiger partial charge in [0.25, 0.3) is 0 Å². The van der Waals surface area contributed by atoms with Gasteiger partial charge in [-0.2, -0.15) is 0 Å². The fourth-order valence-corrected chi connectivity index (χ4v) is 1.20. The van der Waals surface area contributed by atoms with E-state index in [0.29, 0.717) is 0 Å². The highest BCUT2D eigenvalue weighted by Crippen LogP contribution is 2.20. The second kappa shape index (κ2) is 3.72. The summed E-state index contributed by atoms with van der Waals surface area (Å²) in [7, 11) is 0. The van der Waals surface area contributed by atoms with Crippen LogP contribution in [0, 0.1) is 5.41 Å². The maximum atomic E-state index is 10.8. The third-order valence-electron chi connectivity index (χ3n) is 1.92. The molecule has 1 rings (SSSR count). The van der Waals surface area contributed by atoms with Gasteiger partial charge in [0.05, 0.1) is 6.61 Å². The Kier molecular flexibility index (Phi) is 2.88. The smallest absolute Gasteiger partial charge is 0.0876 e. The average molecular weight is 163 g/mol. The SMILES string of the molecule is CC(C)(C[O])Cc1ccccc1. The highest BCUT2D eigenvalue weighted by Gasteiger charge is 2.17. The molecule has 0 aliphatic carbocycles. The molecule has 0 spiro atoms. The Morgan fingerprint density at radius 1 is 1.17 bits per heavy atom. The van der Waals surface area contributed by atoms with E-state index >= 15 is 0 Å². The first kappa shape index (κ1) is 9.27. The third-order valence-corrected chi connectivity index (χ3v) is 1.92. The molecule has 65 valence electrons. The zero-order valence-corrected chi connectivity index (χ0v) is 7.71. The van der Waals surface area contributed by atoms with Gasteiger partial charge in [-0.15, -0.1) is 0 Å². The normalized spacial score (nSPS) is 11.6. The molecule has 0 bridgehead atoms. The molecule has 1 aromatic rings. The Morgan fingerprint density at radius 2 is 1.75 bits per heavy atom. The zero-order valence-electron chi connectivity index (χ0n) is 7.71. The Bertz CT molecular complexity index is 226. The van der Waals surface area contributed by atoms with E-state index in [0.717, 1.165) is 6.42 Å². The molecule has 0 N–H and O–H groups in total. The molecule has 0 aliphatic heterocycles. The Labute approximate surface area is 74.1 Å². The van der Waals surface area contributed by atoms with E-state index in [-0.39, 0.29) is 12.0 Å². The summed E-state index contributed by atoms with van der Waals surface area (Å²) in [4.78, 5) is 0. The van der Waals surface area contributed by atoms with Crippen molar-refractivity contribution in [3.63, 3.8) is 0 Å². The molecule has 0 aromatic heterocycles. The molecule has 1 aromatic carbocycles. The van der Waals surface area contributed by atoms with Crippen molar-refractivity contribution in [2.75, 3.05) is 6.61 Å². The van der Waals surface area contributed by atoms with Gasteiger partial charge in [0.1, 0.15) is 0 Å². The fraction of sp³-hybridized carbons (Fsp3) is 0.455. The van der Waals surface area contributed by atoms with Crippen LogP contribution in [-0.4, -0.2) is 6.61 Å². The van der Waals surface area contributed by atoms with Crippen molar-refractivity contribution in [2.45, 2.75) is 20.3 Å². The van der Waals surface area contributed by atoms with Crippen molar-refractivity contribution in [2.24, 2.45) is 5.41 Å². The molecular weight excluding hydrogens is 148 g/mol. The molecule has 0 heterocycles. The maximum Gasteiger partial charge on any atom is 0.0876 e. The van der Waals surface area contributed by atoms with Crippen LogP contribution in [0.25, 0.3) is 0 Å². The molecule has 1 radical (unpaired) electrons. The molecular formula is C11H15O. The first-order chi connectivity index (χ1) is 5.64. The summed E-state index contributed by atoms with van der Waals surface area (Å²) in [5.74, 6) is 0. The molecule has 0 unspecified atom stereocenters. The predicted octanol–water partition coefficient (Wildman–Crippen LogP) is 2.69. The van der Waals surface area contributed by atoms with Crippen molar-refractivity contribution in [3.05, 3.63) is 35.9 Å². The van der Waals surface area contributed by atoms with Gasteiger partial charge in [-0.05, 0) is 17.4 Å². The van der Waals surface area contributed by atoms with Gasteiger partial charge in [0.15, 0.2) is 0 Å². The largest absolute Gasteiger partial charge is 0.236 e. The van der Waals surface area contributed by atoms with Crippen molar-refractivity contribution < 1.29 is 5.11 Å². The second-order valence-electron chi connectivity index (χ2n) is 3.97. The molecule has 12 heavy (non-hydrogen) atoms. The van der Waals surface area contributed by atoms with Crippen LogP contribution in [0.5, 0.6) is 0 Å². The van der Waals surface area contributed by atoms with Gasteiger partial charge < -0.3 is 0 Å². The molecule has 0 fully saturated rings. The van der Waals surface area contributed by atoms with Crippen LogP contribution in [0.1, 0.15) is 19.4 Å². The monoisotopic (exact) mass is 163 g/mol. The van der Waals surface area contributed by atoms with Gasteiger partial charge in [-0.3, -0.25) is 0 Å². The van der Waals surface area contributed by atoms with E-state index < -0.39 is 0 Å². The summed E-state index contributed by atoms with van der Waals surface area (Å²) < 4.78 is 0. The van der Waals surface area contributed by atoms with Crippen LogP contribution in [0.4, 0.5) is 0 Å². The highest BCUT2D eigenvalue weighted by molar-refractivity contribution is 5.16. The lowest BCUT2D eigenvalue weighted by molar-refractivity contribution is 0.0933. The summed E-state index contributed by atoms with van der Waals surface area (Å²) in [6, 6.07) is 10.1. The predicted molar refractivity (Wildman–Crippen MR) is 49.5 cm³/mol. The summed E-state index contributed by atoms with van der Waals surface area (Å²) >= 11 is 0.